The molecule has 0 aliphatic rings. The van der Waals surface area contributed by atoms with Crippen LogP contribution in [-0.4, -0.2) is 17.5 Å². The van der Waals surface area contributed by atoms with Crippen LogP contribution in [-0.2, 0) is 9.53 Å². The van der Waals surface area contributed by atoms with Gasteiger partial charge in [0.1, 0.15) is 0 Å². The summed E-state index contributed by atoms with van der Waals surface area (Å²) in [6, 6.07) is 14.5. The maximum Gasteiger partial charge on any atom is 0.258 e. The molecular weight excluding hydrogens is 359 g/mol. The summed E-state index contributed by atoms with van der Waals surface area (Å²) in [4.78, 5) is 17.1. The second-order valence-electron chi connectivity index (χ2n) is 5.41. The molecule has 25 heavy (non-hydrogen) atoms. The van der Waals surface area contributed by atoms with E-state index in [9.17, 15) is 4.79 Å². The first-order valence-corrected chi connectivity index (χ1v) is 8.56. The van der Waals surface area contributed by atoms with Crippen molar-refractivity contribution in [2.75, 3.05) is 11.9 Å². The van der Waals surface area contributed by atoms with Crippen molar-refractivity contribution in [3.05, 3.63) is 70.3 Å². The Morgan fingerprint density at radius 3 is 2.80 bits per heavy atom. The highest BCUT2D eigenvalue weighted by molar-refractivity contribution is 6.33. The Labute approximate surface area is 155 Å². The molecule has 1 amide bonds. The Balaban J connectivity index is 1.88. The first-order chi connectivity index (χ1) is 12.1. The molecule has 0 saturated heterocycles. The van der Waals surface area contributed by atoms with Crippen molar-refractivity contribution in [1.82, 2.24) is 4.98 Å². The molecule has 1 heterocycles. The first-order valence-electron chi connectivity index (χ1n) is 7.80. The van der Waals surface area contributed by atoms with E-state index in [-0.39, 0.29) is 5.91 Å². The van der Waals surface area contributed by atoms with Crippen LogP contribution in [0.3, 0.4) is 0 Å². The van der Waals surface area contributed by atoms with Crippen molar-refractivity contribution in [2.45, 2.75) is 13.0 Å². The molecular formula is C19H16Cl2N2O2. The maximum absolute atomic E-state index is 12.7. The normalized spacial score (nSPS) is 12.1. The largest absolute Gasteiger partial charge is 0.364 e. The third kappa shape index (κ3) is 4.10. The predicted octanol–water partition coefficient (Wildman–Crippen LogP) is 5.26. The molecule has 1 N–H and O–H groups in total. The molecule has 3 aromatic rings. The first kappa shape index (κ1) is 17.7. The van der Waals surface area contributed by atoms with Gasteiger partial charge in [0.15, 0.2) is 6.10 Å². The van der Waals surface area contributed by atoms with Crippen LogP contribution in [0.4, 0.5) is 5.69 Å². The maximum atomic E-state index is 12.7. The van der Waals surface area contributed by atoms with Crippen molar-refractivity contribution in [2.24, 2.45) is 0 Å². The monoisotopic (exact) mass is 374 g/mol. The lowest BCUT2D eigenvalue weighted by molar-refractivity contribution is -0.127. The second kappa shape index (κ2) is 7.83. The van der Waals surface area contributed by atoms with E-state index in [1.165, 1.54) is 0 Å². The Bertz CT molecular complexity index is 915. The number of nitrogens with zero attached hydrogens (tertiary/aromatic N) is 1. The highest BCUT2D eigenvalue weighted by atomic mass is 35.5. The number of para-hydroxylation sites is 1. The highest BCUT2D eigenvalue weighted by Crippen LogP contribution is 2.30. The van der Waals surface area contributed by atoms with Gasteiger partial charge in [0.05, 0.1) is 17.4 Å². The Kier molecular flexibility index (Phi) is 5.53. The number of fused-ring (bicyclic) bond motifs is 1. The van der Waals surface area contributed by atoms with Crippen LogP contribution in [0.15, 0.2) is 54.7 Å². The van der Waals surface area contributed by atoms with Gasteiger partial charge < -0.3 is 10.1 Å². The number of pyridine rings is 1. The Morgan fingerprint density at radius 2 is 2.00 bits per heavy atom. The van der Waals surface area contributed by atoms with Gasteiger partial charge in [-0.3, -0.25) is 9.78 Å². The smallest absolute Gasteiger partial charge is 0.258 e. The number of amides is 1. The molecule has 0 fully saturated rings. The van der Waals surface area contributed by atoms with E-state index in [0.29, 0.717) is 27.9 Å². The molecule has 3 rings (SSSR count). The van der Waals surface area contributed by atoms with Crippen LogP contribution in [0.5, 0.6) is 0 Å². The number of nitrogens with one attached hydrogen (secondary N) is 1. The molecule has 6 heteroatoms. The Hall–Kier alpha value is -2.14. The van der Waals surface area contributed by atoms with Gasteiger partial charge in [-0.05, 0) is 37.3 Å². The number of anilines is 1. The minimum Gasteiger partial charge on any atom is -0.364 e. The molecule has 2 aromatic carbocycles. The van der Waals surface area contributed by atoms with Crippen molar-refractivity contribution < 1.29 is 9.53 Å². The van der Waals surface area contributed by atoms with Gasteiger partial charge in [0.2, 0.25) is 0 Å². The summed E-state index contributed by atoms with van der Waals surface area (Å²) in [6.07, 6.45) is 0.755. The minimum atomic E-state index is -0.859. The fourth-order valence-corrected chi connectivity index (χ4v) is 2.93. The number of rotatable bonds is 5. The van der Waals surface area contributed by atoms with E-state index in [1.54, 1.807) is 24.4 Å². The molecule has 1 aromatic heterocycles. The molecule has 0 aliphatic heterocycles. The summed E-state index contributed by atoms with van der Waals surface area (Å²) in [7, 11) is 0. The van der Waals surface area contributed by atoms with E-state index >= 15 is 0 Å². The van der Waals surface area contributed by atoms with Crippen LogP contribution in [0, 0.1) is 0 Å². The number of benzene rings is 2. The van der Waals surface area contributed by atoms with Gasteiger partial charge in [0.25, 0.3) is 5.91 Å². The van der Waals surface area contributed by atoms with Crippen LogP contribution < -0.4 is 5.32 Å². The van der Waals surface area contributed by atoms with Gasteiger partial charge in [-0.15, -0.1) is 0 Å². The number of aromatic nitrogens is 1. The van der Waals surface area contributed by atoms with Crippen LogP contribution >= 0.6 is 23.2 Å². The quantitative estimate of drug-likeness (QED) is 0.662. The minimum absolute atomic E-state index is 0.330. The molecule has 128 valence electrons. The molecule has 0 bridgehead atoms. The summed E-state index contributed by atoms with van der Waals surface area (Å²) in [6.45, 7) is 2.17. The summed E-state index contributed by atoms with van der Waals surface area (Å²) >= 11 is 12.3. The third-order valence-corrected chi connectivity index (χ3v) is 4.25. The number of carbonyl (C=O) groups is 1. The average Bonchev–Trinajstić information content (AvgIpc) is 2.62. The zero-order valence-electron chi connectivity index (χ0n) is 13.5. The summed E-state index contributed by atoms with van der Waals surface area (Å²) in [5, 5.41) is 4.69. The lowest BCUT2D eigenvalue weighted by atomic mass is 10.1. The van der Waals surface area contributed by atoms with Gasteiger partial charge in [0, 0.05) is 27.6 Å². The lowest BCUT2D eigenvalue weighted by Crippen LogP contribution is -2.24. The third-order valence-electron chi connectivity index (χ3n) is 3.67. The second-order valence-corrected chi connectivity index (χ2v) is 6.25. The fraction of sp³-hybridized carbons (Fsp3) is 0.158. The SMILES string of the molecule is CCOC(C(=O)Nc1cnc2ccccc2c1)c1cc(Cl)ccc1Cl. The van der Waals surface area contributed by atoms with Gasteiger partial charge in [-0.2, -0.15) is 0 Å². The number of carbonyl (C=O) groups excluding carboxylic acids is 1. The molecule has 0 saturated carbocycles. The van der Waals surface area contributed by atoms with E-state index in [4.69, 9.17) is 27.9 Å². The number of ether oxygens (including phenoxy) is 1. The molecule has 1 unspecified atom stereocenters. The molecule has 0 aliphatic carbocycles. The fourth-order valence-electron chi connectivity index (χ4n) is 2.54. The summed E-state index contributed by atoms with van der Waals surface area (Å²) in [5.74, 6) is -0.330. The zero-order chi connectivity index (χ0) is 17.8. The van der Waals surface area contributed by atoms with Crippen LogP contribution in [0.2, 0.25) is 10.0 Å². The predicted molar refractivity (Wildman–Crippen MR) is 101 cm³/mol. The van der Waals surface area contributed by atoms with Crippen molar-refractivity contribution >= 4 is 45.7 Å². The molecule has 1 atom stereocenters. The van der Waals surface area contributed by atoms with Crippen molar-refractivity contribution in [1.29, 1.82) is 0 Å². The topological polar surface area (TPSA) is 51.2 Å². The highest BCUT2D eigenvalue weighted by Gasteiger charge is 2.24. The molecule has 0 spiro atoms. The van der Waals surface area contributed by atoms with Crippen molar-refractivity contribution in [3.63, 3.8) is 0 Å². The summed E-state index contributed by atoms with van der Waals surface area (Å²) in [5.41, 5.74) is 1.98. The van der Waals surface area contributed by atoms with Crippen LogP contribution in [0.1, 0.15) is 18.6 Å². The number of halogens is 2. The van der Waals surface area contributed by atoms with E-state index in [2.05, 4.69) is 10.3 Å². The standard InChI is InChI=1S/C19H16Cl2N2O2/c1-2-25-18(15-10-13(20)7-8-16(15)21)19(24)23-14-9-12-5-3-4-6-17(12)22-11-14/h3-11,18H,2H2,1H3,(H,23,24). The average molecular weight is 375 g/mol. The zero-order valence-corrected chi connectivity index (χ0v) is 15.0. The number of hydrogen-bond acceptors (Lipinski definition) is 3. The molecule has 0 radical (unpaired) electrons. The van der Waals surface area contributed by atoms with Gasteiger partial charge in [-0.1, -0.05) is 41.4 Å². The van der Waals surface area contributed by atoms with E-state index < -0.39 is 6.10 Å². The lowest BCUT2D eigenvalue weighted by Gasteiger charge is -2.18. The van der Waals surface area contributed by atoms with Gasteiger partial charge >= 0.3 is 0 Å². The van der Waals surface area contributed by atoms with E-state index in [0.717, 1.165) is 10.9 Å². The summed E-state index contributed by atoms with van der Waals surface area (Å²) < 4.78 is 5.61. The van der Waals surface area contributed by atoms with Crippen molar-refractivity contribution in [3.8, 4) is 0 Å². The van der Waals surface area contributed by atoms with E-state index in [1.807, 2.05) is 37.3 Å². The van der Waals surface area contributed by atoms with Crippen LogP contribution in [0.25, 0.3) is 10.9 Å². The van der Waals surface area contributed by atoms with Gasteiger partial charge in [-0.25, -0.2) is 0 Å². The number of hydrogen-bond donors (Lipinski definition) is 1. The Morgan fingerprint density at radius 1 is 1.20 bits per heavy atom. The molecule has 4 nitrogen and oxygen atoms in total.